The SMILES string of the molecule is CC(CO)NC(C)c1ccnn1C. The molecular formula is C9H17N3O. The summed E-state index contributed by atoms with van der Waals surface area (Å²) in [6.07, 6.45) is 1.77. The fraction of sp³-hybridized carbons (Fsp3) is 0.667. The van der Waals surface area contributed by atoms with Crippen LogP contribution in [0.25, 0.3) is 0 Å². The van der Waals surface area contributed by atoms with Crippen LogP contribution in [0.3, 0.4) is 0 Å². The van der Waals surface area contributed by atoms with Crippen LogP contribution in [0.5, 0.6) is 0 Å². The average molecular weight is 183 g/mol. The fourth-order valence-electron chi connectivity index (χ4n) is 1.37. The van der Waals surface area contributed by atoms with Gasteiger partial charge in [0.05, 0.1) is 12.3 Å². The molecule has 0 radical (unpaired) electrons. The molecule has 0 fully saturated rings. The zero-order valence-electron chi connectivity index (χ0n) is 8.36. The third-order valence-corrected chi connectivity index (χ3v) is 2.11. The number of aliphatic hydroxyl groups is 1. The van der Waals surface area contributed by atoms with Crippen molar-refractivity contribution in [3.05, 3.63) is 18.0 Å². The van der Waals surface area contributed by atoms with Gasteiger partial charge in [-0.1, -0.05) is 0 Å². The zero-order valence-corrected chi connectivity index (χ0v) is 8.36. The van der Waals surface area contributed by atoms with Crippen molar-refractivity contribution in [2.45, 2.75) is 25.9 Å². The van der Waals surface area contributed by atoms with Crippen molar-refractivity contribution >= 4 is 0 Å². The maximum absolute atomic E-state index is 8.87. The van der Waals surface area contributed by atoms with E-state index in [1.54, 1.807) is 6.20 Å². The first-order valence-corrected chi connectivity index (χ1v) is 4.50. The summed E-state index contributed by atoms with van der Waals surface area (Å²) in [6.45, 7) is 4.16. The van der Waals surface area contributed by atoms with Crippen molar-refractivity contribution in [3.8, 4) is 0 Å². The molecule has 2 N–H and O–H groups in total. The smallest absolute Gasteiger partial charge is 0.0582 e. The van der Waals surface area contributed by atoms with Gasteiger partial charge in [-0.2, -0.15) is 5.10 Å². The maximum atomic E-state index is 8.87. The van der Waals surface area contributed by atoms with Gasteiger partial charge in [-0.3, -0.25) is 4.68 Å². The van der Waals surface area contributed by atoms with E-state index in [9.17, 15) is 0 Å². The lowest BCUT2D eigenvalue weighted by Crippen LogP contribution is -2.32. The summed E-state index contributed by atoms with van der Waals surface area (Å²) < 4.78 is 1.84. The Morgan fingerprint density at radius 3 is 2.77 bits per heavy atom. The van der Waals surface area contributed by atoms with Crippen LogP contribution < -0.4 is 5.32 Å². The maximum Gasteiger partial charge on any atom is 0.0582 e. The average Bonchev–Trinajstić information content (AvgIpc) is 2.51. The summed E-state index contributed by atoms with van der Waals surface area (Å²) in [6, 6.07) is 2.31. The molecule has 4 heteroatoms. The lowest BCUT2D eigenvalue weighted by molar-refractivity contribution is 0.242. The van der Waals surface area contributed by atoms with Crippen LogP contribution in [0.1, 0.15) is 25.6 Å². The van der Waals surface area contributed by atoms with Crippen molar-refractivity contribution in [3.63, 3.8) is 0 Å². The van der Waals surface area contributed by atoms with E-state index in [0.29, 0.717) is 0 Å². The first kappa shape index (κ1) is 10.2. The summed E-state index contributed by atoms with van der Waals surface area (Å²) in [4.78, 5) is 0. The molecule has 0 aromatic carbocycles. The number of aryl methyl sites for hydroxylation is 1. The monoisotopic (exact) mass is 183 g/mol. The molecule has 0 saturated carbocycles. The van der Waals surface area contributed by atoms with Gasteiger partial charge in [0.15, 0.2) is 0 Å². The third kappa shape index (κ3) is 2.54. The topological polar surface area (TPSA) is 50.1 Å². The Bertz CT molecular complexity index is 259. The molecule has 0 aliphatic carbocycles. The highest BCUT2D eigenvalue weighted by Gasteiger charge is 2.10. The Kier molecular flexibility index (Phi) is 3.45. The standard InChI is InChI=1S/C9H17N3O/c1-7(6-13)11-8(2)9-4-5-10-12(9)3/h4-5,7-8,11,13H,6H2,1-3H3. The van der Waals surface area contributed by atoms with Gasteiger partial charge in [0.25, 0.3) is 0 Å². The van der Waals surface area contributed by atoms with Crippen molar-refractivity contribution in [1.82, 2.24) is 15.1 Å². The number of hydrogen-bond acceptors (Lipinski definition) is 3. The highest BCUT2D eigenvalue weighted by molar-refractivity contribution is 5.05. The minimum atomic E-state index is 0.116. The van der Waals surface area contributed by atoms with Crippen molar-refractivity contribution < 1.29 is 5.11 Å². The van der Waals surface area contributed by atoms with E-state index >= 15 is 0 Å². The lowest BCUT2D eigenvalue weighted by Gasteiger charge is -2.18. The Hall–Kier alpha value is -0.870. The molecule has 2 unspecified atom stereocenters. The van der Waals surface area contributed by atoms with Gasteiger partial charge in [0, 0.05) is 25.3 Å². The number of nitrogens with one attached hydrogen (secondary N) is 1. The Morgan fingerprint density at radius 2 is 2.31 bits per heavy atom. The van der Waals surface area contributed by atoms with Gasteiger partial charge in [-0.25, -0.2) is 0 Å². The number of rotatable bonds is 4. The normalized spacial score (nSPS) is 15.7. The van der Waals surface area contributed by atoms with E-state index < -0.39 is 0 Å². The van der Waals surface area contributed by atoms with Crippen molar-refractivity contribution in [2.24, 2.45) is 7.05 Å². The molecule has 2 atom stereocenters. The van der Waals surface area contributed by atoms with E-state index in [1.807, 2.05) is 24.7 Å². The first-order valence-electron chi connectivity index (χ1n) is 4.50. The second kappa shape index (κ2) is 4.39. The predicted octanol–water partition coefficient (Wildman–Crippen LogP) is 0.451. The Labute approximate surface area is 78.6 Å². The minimum Gasteiger partial charge on any atom is -0.395 e. The molecule has 1 heterocycles. The lowest BCUT2D eigenvalue weighted by atomic mass is 10.2. The van der Waals surface area contributed by atoms with E-state index in [0.717, 1.165) is 5.69 Å². The van der Waals surface area contributed by atoms with E-state index in [-0.39, 0.29) is 18.7 Å². The van der Waals surface area contributed by atoms with Crippen molar-refractivity contribution in [1.29, 1.82) is 0 Å². The molecule has 1 aromatic heterocycles. The number of hydrogen-bond donors (Lipinski definition) is 2. The quantitative estimate of drug-likeness (QED) is 0.712. The molecular weight excluding hydrogens is 166 g/mol. The molecule has 4 nitrogen and oxygen atoms in total. The highest BCUT2D eigenvalue weighted by Crippen LogP contribution is 2.10. The van der Waals surface area contributed by atoms with Crippen LogP contribution in [0, 0.1) is 0 Å². The highest BCUT2D eigenvalue weighted by atomic mass is 16.3. The largest absolute Gasteiger partial charge is 0.395 e. The van der Waals surface area contributed by atoms with Gasteiger partial charge in [-0.05, 0) is 19.9 Å². The molecule has 0 saturated heterocycles. The molecule has 0 bridgehead atoms. The molecule has 74 valence electrons. The van der Waals surface area contributed by atoms with Crippen LogP contribution in [-0.4, -0.2) is 27.5 Å². The molecule has 0 aliphatic rings. The summed E-state index contributed by atoms with van der Waals surface area (Å²) in [5, 5.41) is 16.2. The van der Waals surface area contributed by atoms with Crippen LogP contribution in [0.2, 0.25) is 0 Å². The Morgan fingerprint density at radius 1 is 1.62 bits per heavy atom. The van der Waals surface area contributed by atoms with Crippen LogP contribution in [0.15, 0.2) is 12.3 Å². The van der Waals surface area contributed by atoms with Gasteiger partial charge in [0.2, 0.25) is 0 Å². The van der Waals surface area contributed by atoms with E-state index in [2.05, 4.69) is 17.3 Å². The molecule has 0 amide bonds. The van der Waals surface area contributed by atoms with Crippen molar-refractivity contribution in [2.75, 3.05) is 6.61 Å². The summed E-state index contributed by atoms with van der Waals surface area (Å²) >= 11 is 0. The number of aromatic nitrogens is 2. The second-order valence-corrected chi connectivity index (χ2v) is 3.35. The summed E-state index contributed by atoms with van der Waals surface area (Å²) in [7, 11) is 1.91. The number of nitrogens with zero attached hydrogens (tertiary/aromatic N) is 2. The zero-order chi connectivity index (χ0) is 9.84. The summed E-state index contributed by atoms with van der Waals surface area (Å²) in [5.74, 6) is 0. The van der Waals surface area contributed by atoms with E-state index in [1.165, 1.54) is 0 Å². The summed E-state index contributed by atoms with van der Waals surface area (Å²) in [5.41, 5.74) is 1.13. The fourth-order valence-corrected chi connectivity index (χ4v) is 1.37. The minimum absolute atomic E-state index is 0.116. The molecule has 1 aromatic rings. The van der Waals surface area contributed by atoms with Crippen LogP contribution in [-0.2, 0) is 7.05 Å². The Balaban J connectivity index is 2.58. The van der Waals surface area contributed by atoms with Gasteiger partial charge in [-0.15, -0.1) is 0 Å². The first-order chi connectivity index (χ1) is 6.15. The van der Waals surface area contributed by atoms with Crippen LogP contribution in [0.4, 0.5) is 0 Å². The number of aliphatic hydroxyl groups excluding tert-OH is 1. The van der Waals surface area contributed by atoms with E-state index in [4.69, 9.17) is 5.11 Å². The molecule has 0 spiro atoms. The van der Waals surface area contributed by atoms with Gasteiger partial charge in [0.1, 0.15) is 0 Å². The molecule has 1 rings (SSSR count). The predicted molar refractivity (Wildman–Crippen MR) is 51.3 cm³/mol. The molecule has 0 aliphatic heterocycles. The van der Waals surface area contributed by atoms with Gasteiger partial charge < -0.3 is 10.4 Å². The molecule has 13 heavy (non-hydrogen) atoms. The second-order valence-electron chi connectivity index (χ2n) is 3.35. The third-order valence-electron chi connectivity index (χ3n) is 2.11. The van der Waals surface area contributed by atoms with Gasteiger partial charge >= 0.3 is 0 Å². The van der Waals surface area contributed by atoms with Crippen LogP contribution >= 0.6 is 0 Å².